The molecular formula is C14H10FN3. The van der Waals surface area contributed by atoms with Crippen LogP contribution in [0, 0.1) is 5.82 Å². The molecule has 0 fully saturated rings. The zero-order chi connectivity index (χ0) is 12.5. The van der Waals surface area contributed by atoms with Gasteiger partial charge in [-0.25, -0.2) is 4.39 Å². The number of halogens is 1. The minimum Gasteiger partial charge on any atom is -0.397 e. The third-order valence-corrected chi connectivity index (χ3v) is 2.76. The normalized spacial score (nSPS) is 10.7. The largest absolute Gasteiger partial charge is 0.397 e. The van der Waals surface area contributed by atoms with Crippen LogP contribution in [0.15, 0.2) is 48.8 Å². The fourth-order valence-corrected chi connectivity index (χ4v) is 1.89. The van der Waals surface area contributed by atoms with Crippen molar-refractivity contribution in [1.29, 1.82) is 0 Å². The second-order valence-corrected chi connectivity index (χ2v) is 4.00. The number of aromatic nitrogens is 2. The van der Waals surface area contributed by atoms with Gasteiger partial charge in [-0.2, -0.15) is 0 Å². The Morgan fingerprint density at radius 3 is 2.78 bits per heavy atom. The molecule has 2 N–H and O–H groups in total. The average Bonchev–Trinajstić information content (AvgIpc) is 2.38. The Kier molecular flexibility index (Phi) is 2.41. The molecule has 3 aromatic rings. The number of hydrogen-bond donors (Lipinski definition) is 1. The highest BCUT2D eigenvalue weighted by molar-refractivity contribution is 5.84. The highest BCUT2D eigenvalue weighted by Crippen LogP contribution is 2.25. The molecule has 0 unspecified atom stereocenters. The molecule has 3 rings (SSSR count). The van der Waals surface area contributed by atoms with Gasteiger partial charge >= 0.3 is 0 Å². The lowest BCUT2D eigenvalue weighted by Gasteiger charge is -2.05. The van der Waals surface area contributed by atoms with E-state index in [0.29, 0.717) is 11.4 Å². The number of nitrogens with two attached hydrogens (primary N) is 1. The predicted molar refractivity (Wildman–Crippen MR) is 69.3 cm³/mol. The molecule has 0 radical (unpaired) electrons. The molecular weight excluding hydrogens is 229 g/mol. The molecule has 0 aliphatic heterocycles. The van der Waals surface area contributed by atoms with E-state index in [1.54, 1.807) is 30.6 Å². The molecule has 2 aromatic heterocycles. The van der Waals surface area contributed by atoms with E-state index in [2.05, 4.69) is 9.97 Å². The van der Waals surface area contributed by atoms with E-state index in [-0.39, 0.29) is 5.82 Å². The molecule has 0 amide bonds. The Morgan fingerprint density at radius 2 is 1.94 bits per heavy atom. The van der Waals surface area contributed by atoms with Gasteiger partial charge in [0.2, 0.25) is 0 Å². The molecule has 88 valence electrons. The van der Waals surface area contributed by atoms with Gasteiger partial charge in [0.15, 0.2) is 0 Å². The minimum absolute atomic E-state index is 0.282. The number of rotatable bonds is 1. The van der Waals surface area contributed by atoms with Gasteiger partial charge in [-0.1, -0.05) is 0 Å². The lowest BCUT2D eigenvalue weighted by molar-refractivity contribution is 0.629. The highest BCUT2D eigenvalue weighted by atomic mass is 19.1. The number of fused-ring (bicyclic) bond motifs is 1. The third-order valence-electron chi connectivity index (χ3n) is 2.76. The molecule has 0 saturated carbocycles. The van der Waals surface area contributed by atoms with Crippen molar-refractivity contribution in [1.82, 2.24) is 9.97 Å². The van der Waals surface area contributed by atoms with Gasteiger partial charge in [0.05, 0.1) is 16.9 Å². The summed E-state index contributed by atoms with van der Waals surface area (Å²) in [5, 5.41) is 0.734. The van der Waals surface area contributed by atoms with Crippen molar-refractivity contribution in [2.24, 2.45) is 0 Å². The lowest BCUT2D eigenvalue weighted by atomic mass is 10.1. The van der Waals surface area contributed by atoms with Crippen LogP contribution in [0.25, 0.3) is 22.2 Å². The maximum Gasteiger partial charge on any atom is 0.123 e. The first-order valence-corrected chi connectivity index (χ1v) is 5.50. The topological polar surface area (TPSA) is 51.8 Å². The molecule has 18 heavy (non-hydrogen) atoms. The average molecular weight is 239 g/mol. The second-order valence-electron chi connectivity index (χ2n) is 4.00. The number of nitrogen functional groups attached to an aromatic ring is 1. The summed E-state index contributed by atoms with van der Waals surface area (Å²) in [4.78, 5) is 8.50. The summed E-state index contributed by atoms with van der Waals surface area (Å²) in [5.41, 5.74) is 8.63. The van der Waals surface area contributed by atoms with Crippen LogP contribution < -0.4 is 5.73 Å². The van der Waals surface area contributed by atoms with Crippen molar-refractivity contribution < 1.29 is 4.39 Å². The molecule has 1 aromatic carbocycles. The molecule has 2 heterocycles. The zero-order valence-electron chi connectivity index (χ0n) is 9.47. The van der Waals surface area contributed by atoms with Crippen LogP contribution in [0.5, 0.6) is 0 Å². The van der Waals surface area contributed by atoms with Gasteiger partial charge in [0.25, 0.3) is 0 Å². The summed E-state index contributed by atoms with van der Waals surface area (Å²) in [6.45, 7) is 0. The van der Waals surface area contributed by atoms with E-state index < -0.39 is 0 Å². The smallest absolute Gasteiger partial charge is 0.123 e. The molecule has 4 heteroatoms. The quantitative estimate of drug-likeness (QED) is 0.710. The number of nitrogens with zero attached hydrogens (tertiary/aromatic N) is 2. The summed E-state index contributed by atoms with van der Waals surface area (Å²) < 4.78 is 13.2. The van der Waals surface area contributed by atoms with Crippen molar-refractivity contribution >= 4 is 16.6 Å². The van der Waals surface area contributed by atoms with Crippen molar-refractivity contribution in [3.8, 4) is 11.3 Å². The van der Waals surface area contributed by atoms with Gasteiger partial charge in [-0.15, -0.1) is 0 Å². The molecule has 0 aliphatic carbocycles. The Bertz CT molecular complexity index is 725. The van der Waals surface area contributed by atoms with Crippen LogP contribution in [0.3, 0.4) is 0 Å². The van der Waals surface area contributed by atoms with E-state index in [4.69, 9.17) is 5.73 Å². The van der Waals surface area contributed by atoms with Crippen LogP contribution in [-0.4, -0.2) is 9.97 Å². The molecule has 0 saturated heterocycles. The minimum atomic E-state index is -0.282. The van der Waals surface area contributed by atoms with Gasteiger partial charge < -0.3 is 5.73 Å². The van der Waals surface area contributed by atoms with Crippen LogP contribution in [0.1, 0.15) is 0 Å². The first-order valence-electron chi connectivity index (χ1n) is 5.50. The van der Waals surface area contributed by atoms with Gasteiger partial charge in [-0.3, -0.25) is 9.97 Å². The molecule has 0 spiro atoms. The van der Waals surface area contributed by atoms with Crippen LogP contribution >= 0.6 is 0 Å². The predicted octanol–water partition coefficient (Wildman–Crippen LogP) is 3.02. The SMILES string of the molecule is Nc1cccnc1-c1cnc2ccc(F)cc2c1. The first kappa shape index (κ1) is 10.7. The molecule has 3 nitrogen and oxygen atoms in total. The Hall–Kier alpha value is -2.49. The third kappa shape index (κ3) is 1.78. The number of benzene rings is 1. The van der Waals surface area contributed by atoms with Crippen molar-refractivity contribution in [2.75, 3.05) is 5.73 Å². The lowest BCUT2D eigenvalue weighted by Crippen LogP contribution is -1.93. The molecule has 0 atom stereocenters. The number of hydrogen-bond acceptors (Lipinski definition) is 3. The maximum absolute atomic E-state index is 13.2. The summed E-state index contributed by atoms with van der Waals surface area (Å²) in [6, 6.07) is 9.88. The molecule has 0 bridgehead atoms. The number of pyridine rings is 2. The van der Waals surface area contributed by atoms with Crippen LogP contribution in [0.4, 0.5) is 10.1 Å². The maximum atomic E-state index is 13.2. The van der Waals surface area contributed by atoms with E-state index in [0.717, 1.165) is 16.5 Å². The van der Waals surface area contributed by atoms with Crippen molar-refractivity contribution in [3.05, 3.63) is 54.6 Å². The first-order chi connectivity index (χ1) is 8.74. The fraction of sp³-hybridized carbons (Fsp3) is 0. The standard InChI is InChI=1S/C14H10FN3/c15-11-3-4-13-9(7-11)6-10(8-18-13)14-12(16)2-1-5-17-14/h1-8H,16H2. The monoisotopic (exact) mass is 239 g/mol. The Balaban J connectivity index is 2.22. The van der Waals surface area contributed by atoms with Crippen molar-refractivity contribution in [2.45, 2.75) is 0 Å². The van der Waals surface area contributed by atoms with E-state index in [9.17, 15) is 4.39 Å². The van der Waals surface area contributed by atoms with E-state index in [1.807, 2.05) is 6.07 Å². The Labute approximate surface area is 103 Å². The summed E-state index contributed by atoms with van der Waals surface area (Å²) in [7, 11) is 0. The van der Waals surface area contributed by atoms with E-state index in [1.165, 1.54) is 12.1 Å². The second kappa shape index (κ2) is 4.07. The number of anilines is 1. The summed E-state index contributed by atoms with van der Waals surface area (Å²) in [6.07, 6.45) is 3.36. The summed E-state index contributed by atoms with van der Waals surface area (Å²) >= 11 is 0. The van der Waals surface area contributed by atoms with Gasteiger partial charge in [0.1, 0.15) is 5.82 Å². The van der Waals surface area contributed by atoms with Crippen LogP contribution in [-0.2, 0) is 0 Å². The zero-order valence-corrected chi connectivity index (χ0v) is 9.47. The van der Waals surface area contributed by atoms with Crippen LogP contribution in [0.2, 0.25) is 0 Å². The van der Waals surface area contributed by atoms with Gasteiger partial charge in [0, 0.05) is 23.3 Å². The Morgan fingerprint density at radius 1 is 1.06 bits per heavy atom. The van der Waals surface area contributed by atoms with E-state index >= 15 is 0 Å². The van der Waals surface area contributed by atoms with Gasteiger partial charge in [-0.05, 0) is 36.4 Å². The molecule has 0 aliphatic rings. The highest BCUT2D eigenvalue weighted by Gasteiger charge is 2.05. The fourth-order valence-electron chi connectivity index (χ4n) is 1.89. The summed E-state index contributed by atoms with van der Waals surface area (Å²) in [5.74, 6) is -0.282. The van der Waals surface area contributed by atoms with Crippen molar-refractivity contribution in [3.63, 3.8) is 0 Å².